The van der Waals surface area contributed by atoms with Gasteiger partial charge in [-0.05, 0) is 74.7 Å². The zero-order valence-electron chi connectivity index (χ0n) is 19.0. The van der Waals surface area contributed by atoms with Crippen LogP contribution in [0.25, 0.3) is 37.7 Å². The minimum absolute atomic E-state index is 0.292. The lowest BCUT2D eigenvalue weighted by Crippen LogP contribution is -1.95. The maximum absolute atomic E-state index is 6.25. The Labute approximate surface area is 204 Å². The van der Waals surface area contributed by atoms with Crippen molar-refractivity contribution in [2.75, 3.05) is 0 Å². The highest BCUT2D eigenvalue weighted by Gasteiger charge is 2.18. The summed E-state index contributed by atoms with van der Waals surface area (Å²) in [4.78, 5) is 15.1. The van der Waals surface area contributed by atoms with Crippen LogP contribution in [0.2, 0.25) is 5.02 Å². The van der Waals surface area contributed by atoms with Crippen molar-refractivity contribution in [1.82, 2.24) is 24.6 Å². The smallest absolute Gasteiger partial charge is 0.218 e. The molecule has 0 N–H and O–H groups in total. The van der Waals surface area contributed by atoms with Gasteiger partial charge in [0.1, 0.15) is 34.0 Å². The topological polar surface area (TPSA) is 78.3 Å². The molecule has 0 atom stereocenters. The monoisotopic (exact) mass is 489 g/mol. The fourth-order valence-electron chi connectivity index (χ4n) is 4.19. The quantitative estimate of drug-likeness (QED) is 0.277. The maximum atomic E-state index is 6.25. The third kappa shape index (κ3) is 3.41. The van der Waals surface area contributed by atoms with Gasteiger partial charge in [0.25, 0.3) is 0 Å². The lowest BCUT2D eigenvalue weighted by atomic mass is 10.1. The molecule has 0 bridgehead atoms. The van der Waals surface area contributed by atoms with Crippen LogP contribution in [0, 0.1) is 27.7 Å². The van der Waals surface area contributed by atoms with Crippen LogP contribution < -0.4 is 4.74 Å². The second-order valence-electron chi connectivity index (χ2n) is 8.41. The molecule has 0 saturated carbocycles. The van der Waals surface area contributed by atoms with Gasteiger partial charge >= 0.3 is 0 Å². The molecular weight excluding hydrogens is 470 g/mol. The number of furan rings is 1. The van der Waals surface area contributed by atoms with Gasteiger partial charge in [-0.25, -0.2) is 19.5 Å². The number of rotatable bonds is 4. The molecule has 0 aliphatic heterocycles. The number of fused-ring (bicyclic) bond motifs is 5. The fourth-order valence-corrected chi connectivity index (χ4v) is 5.53. The Balaban J connectivity index is 1.33. The van der Waals surface area contributed by atoms with Crippen molar-refractivity contribution in [3.63, 3.8) is 0 Å². The van der Waals surface area contributed by atoms with Gasteiger partial charge < -0.3 is 9.15 Å². The molecule has 0 aliphatic carbocycles. The third-order valence-electron chi connectivity index (χ3n) is 5.77. The molecule has 0 fully saturated rings. The fraction of sp³-hybridized carbons (Fsp3) is 0.200. The molecule has 5 heterocycles. The summed E-state index contributed by atoms with van der Waals surface area (Å²) in [6.07, 6.45) is 1.69. The van der Waals surface area contributed by atoms with Crippen LogP contribution in [0.5, 0.6) is 5.75 Å². The Morgan fingerprint density at radius 2 is 1.82 bits per heavy atom. The molecule has 0 radical (unpaired) electrons. The zero-order chi connectivity index (χ0) is 23.6. The first-order valence-electron chi connectivity index (χ1n) is 10.8. The van der Waals surface area contributed by atoms with Crippen LogP contribution in [0.15, 0.2) is 41.1 Å². The average molecular weight is 490 g/mol. The van der Waals surface area contributed by atoms with E-state index in [1.54, 1.807) is 22.2 Å². The van der Waals surface area contributed by atoms with Crippen molar-refractivity contribution >= 4 is 49.0 Å². The van der Waals surface area contributed by atoms with E-state index in [9.17, 15) is 0 Å². The van der Waals surface area contributed by atoms with Gasteiger partial charge in [0.15, 0.2) is 11.4 Å². The van der Waals surface area contributed by atoms with Crippen molar-refractivity contribution in [2.45, 2.75) is 34.3 Å². The van der Waals surface area contributed by atoms with E-state index in [0.717, 1.165) is 59.2 Å². The minimum Gasteiger partial charge on any atom is -0.486 e. The first-order chi connectivity index (χ1) is 16.4. The molecule has 0 aliphatic rings. The summed E-state index contributed by atoms with van der Waals surface area (Å²) in [7, 11) is 0. The number of halogens is 1. The number of hydrogen-bond acceptors (Lipinski definition) is 7. The Kier molecular flexibility index (Phi) is 4.82. The molecule has 0 unspecified atom stereocenters. The van der Waals surface area contributed by atoms with Gasteiger partial charge in [0.05, 0.1) is 5.52 Å². The number of pyridine rings is 1. The van der Waals surface area contributed by atoms with Gasteiger partial charge in [-0.3, -0.25) is 0 Å². The first kappa shape index (κ1) is 21.1. The van der Waals surface area contributed by atoms with Gasteiger partial charge in [0.2, 0.25) is 5.82 Å². The standard InChI is InChI=1S/C25H20ClN5O2S/c1-12-7-15(4)28-25-19(12)21-22(34-25)24-29-23(30-31(24)11-27-21)18-6-5-16(33-18)10-32-17-8-13(2)20(26)14(3)9-17/h5-9,11H,10H2,1-4H3. The second kappa shape index (κ2) is 7.78. The largest absolute Gasteiger partial charge is 0.486 e. The molecule has 0 amide bonds. The van der Waals surface area contributed by atoms with Crippen LogP contribution in [0.3, 0.4) is 0 Å². The van der Waals surface area contributed by atoms with Gasteiger partial charge in [-0.1, -0.05) is 11.6 Å². The summed E-state index contributed by atoms with van der Waals surface area (Å²) in [5.74, 6) is 2.50. The van der Waals surface area contributed by atoms with Crippen molar-refractivity contribution in [2.24, 2.45) is 0 Å². The predicted molar refractivity (Wildman–Crippen MR) is 134 cm³/mol. The maximum Gasteiger partial charge on any atom is 0.218 e. The normalized spacial score (nSPS) is 11.8. The van der Waals surface area contributed by atoms with Gasteiger partial charge in [-0.2, -0.15) is 0 Å². The van der Waals surface area contributed by atoms with E-state index >= 15 is 0 Å². The molecule has 0 spiro atoms. The summed E-state index contributed by atoms with van der Waals surface area (Å²) in [5, 5.41) is 6.42. The summed E-state index contributed by atoms with van der Waals surface area (Å²) >= 11 is 7.83. The Morgan fingerprint density at radius 1 is 1.03 bits per heavy atom. The summed E-state index contributed by atoms with van der Waals surface area (Å²) < 4.78 is 14.6. The van der Waals surface area contributed by atoms with Crippen molar-refractivity contribution in [3.05, 3.63) is 69.8 Å². The Hall–Kier alpha value is -3.49. The first-order valence-corrected chi connectivity index (χ1v) is 12.0. The van der Waals surface area contributed by atoms with Crippen molar-refractivity contribution < 1.29 is 9.15 Å². The Bertz CT molecular complexity index is 1710. The highest BCUT2D eigenvalue weighted by Crippen LogP contribution is 2.36. The summed E-state index contributed by atoms with van der Waals surface area (Å²) in [5.41, 5.74) is 5.75. The number of aromatic nitrogens is 5. The molecule has 6 rings (SSSR count). The van der Waals surface area contributed by atoms with E-state index in [0.29, 0.717) is 24.0 Å². The van der Waals surface area contributed by atoms with Crippen molar-refractivity contribution in [1.29, 1.82) is 0 Å². The van der Waals surface area contributed by atoms with Gasteiger partial charge in [0, 0.05) is 16.1 Å². The number of aryl methyl sites for hydroxylation is 4. The number of nitrogens with zero attached hydrogens (tertiary/aromatic N) is 5. The molecule has 1 aromatic carbocycles. The van der Waals surface area contributed by atoms with Crippen molar-refractivity contribution in [3.8, 4) is 17.3 Å². The van der Waals surface area contributed by atoms with Crippen LogP contribution in [-0.2, 0) is 6.61 Å². The summed E-state index contributed by atoms with van der Waals surface area (Å²) in [6.45, 7) is 8.30. The molecule has 5 aromatic heterocycles. The Morgan fingerprint density at radius 3 is 2.62 bits per heavy atom. The molecular formula is C25H20ClN5O2S. The van der Waals surface area contributed by atoms with E-state index in [-0.39, 0.29) is 0 Å². The van der Waals surface area contributed by atoms with Gasteiger partial charge in [-0.15, -0.1) is 16.4 Å². The van der Waals surface area contributed by atoms with E-state index in [2.05, 4.69) is 23.1 Å². The third-order valence-corrected chi connectivity index (χ3v) is 7.43. The lowest BCUT2D eigenvalue weighted by Gasteiger charge is -2.08. The number of benzene rings is 1. The van der Waals surface area contributed by atoms with E-state index < -0.39 is 0 Å². The number of hydrogen-bond donors (Lipinski definition) is 0. The van der Waals surface area contributed by atoms with E-state index in [1.165, 1.54) is 0 Å². The van der Waals surface area contributed by atoms with Crippen LogP contribution in [0.4, 0.5) is 0 Å². The SMILES string of the molecule is Cc1cc(C)c2c(n1)sc1c2ncn2nc(-c3ccc(COc4cc(C)c(Cl)c(C)c4)o3)nc12. The molecule has 7 nitrogen and oxygen atoms in total. The summed E-state index contributed by atoms with van der Waals surface area (Å²) in [6, 6.07) is 9.65. The molecule has 0 saturated heterocycles. The molecule has 6 aromatic rings. The molecule has 9 heteroatoms. The van der Waals surface area contributed by atoms with Crippen LogP contribution >= 0.6 is 22.9 Å². The molecule has 170 valence electrons. The number of thiophene rings is 1. The van der Waals surface area contributed by atoms with E-state index in [4.69, 9.17) is 30.7 Å². The second-order valence-corrected chi connectivity index (χ2v) is 9.79. The van der Waals surface area contributed by atoms with Crippen LogP contribution in [0.1, 0.15) is 28.1 Å². The average Bonchev–Trinajstić information content (AvgIpc) is 3.51. The predicted octanol–water partition coefficient (Wildman–Crippen LogP) is 6.61. The highest BCUT2D eigenvalue weighted by molar-refractivity contribution is 7.26. The van der Waals surface area contributed by atoms with Crippen LogP contribution in [-0.4, -0.2) is 24.6 Å². The number of ether oxygens (including phenoxy) is 1. The van der Waals surface area contributed by atoms with E-state index in [1.807, 2.05) is 45.0 Å². The molecule has 34 heavy (non-hydrogen) atoms. The minimum atomic E-state index is 0.292. The lowest BCUT2D eigenvalue weighted by molar-refractivity contribution is 0.271. The highest BCUT2D eigenvalue weighted by atomic mass is 35.5. The zero-order valence-corrected chi connectivity index (χ0v) is 20.6.